The molecule has 0 bridgehead atoms. The molecule has 0 saturated carbocycles. The van der Waals surface area contributed by atoms with Gasteiger partial charge in [-0.05, 0) is 19.8 Å². The SMILES string of the molecule is CC(C)C(NC(=O)C(N)C(C)O)C(=O)NC(C(=O)O)C(C)O. The van der Waals surface area contributed by atoms with E-state index in [1.54, 1.807) is 13.8 Å². The molecule has 0 aromatic carbocycles. The highest BCUT2D eigenvalue weighted by molar-refractivity contribution is 5.92. The number of carboxylic acid groups (broad SMARTS) is 1. The van der Waals surface area contributed by atoms with Crippen molar-refractivity contribution in [2.24, 2.45) is 11.7 Å². The third kappa shape index (κ3) is 5.96. The van der Waals surface area contributed by atoms with Gasteiger partial charge in [0.05, 0.1) is 12.2 Å². The fraction of sp³-hybridized carbons (Fsp3) is 0.769. The van der Waals surface area contributed by atoms with E-state index in [-0.39, 0.29) is 5.92 Å². The Morgan fingerprint density at radius 1 is 0.864 bits per heavy atom. The fourth-order valence-electron chi connectivity index (χ4n) is 1.64. The molecule has 0 fully saturated rings. The minimum Gasteiger partial charge on any atom is -0.480 e. The Labute approximate surface area is 128 Å². The molecule has 0 aromatic heterocycles. The van der Waals surface area contributed by atoms with Crippen LogP contribution >= 0.6 is 0 Å². The Morgan fingerprint density at radius 3 is 1.64 bits per heavy atom. The summed E-state index contributed by atoms with van der Waals surface area (Å²) in [5.41, 5.74) is 5.48. The minimum absolute atomic E-state index is 0.353. The van der Waals surface area contributed by atoms with Gasteiger partial charge in [0.1, 0.15) is 12.1 Å². The number of rotatable bonds is 8. The minimum atomic E-state index is -1.49. The number of aliphatic hydroxyl groups is 2. The van der Waals surface area contributed by atoms with E-state index in [4.69, 9.17) is 10.8 Å². The van der Waals surface area contributed by atoms with Gasteiger partial charge in [-0.25, -0.2) is 4.79 Å². The number of hydrogen-bond donors (Lipinski definition) is 6. The monoisotopic (exact) mass is 319 g/mol. The molecule has 2 amide bonds. The summed E-state index contributed by atoms with van der Waals surface area (Å²) in [4.78, 5) is 34.9. The number of aliphatic carboxylic acids is 1. The maximum atomic E-state index is 12.1. The summed E-state index contributed by atoms with van der Waals surface area (Å²) in [6.45, 7) is 5.86. The number of nitrogens with one attached hydrogen (secondary N) is 2. The van der Waals surface area contributed by atoms with Crippen LogP contribution in [-0.2, 0) is 14.4 Å². The van der Waals surface area contributed by atoms with Crippen molar-refractivity contribution >= 4 is 17.8 Å². The fourth-order valence-corrected chi connectivity index (χ4v) is 1.64. The number of nitrogens with two attached hydrogens (primary N) is 1. The lowest BCUT2D eigenvalue weighted by Crippen LogP contribution is -2.59. The van der Waals surface area contributed by atoms with Gasteiger partial charge >= 0.3 is 5.97 Å². The van der Waals surface area contributed by atoms with Gasteiger partial charge in [-0.15, -0.1) is 0 Å². The van der Waals surface area contributed by atoms with Crippen LogP contribution in [0.25, 0.3) is 0 Å². The second kappa shape index (κ2) is 8.66. The van der Waals surface area contributed by atoms with E-state index in [2.05, 4.69) is 10.6 Å². The van der Waals surface area contributed by atoms with Crippen LogP contribution in [-0.4, -0.2) is 63.4 Å². The highest BCUT2D eigenvalue weighted by Gasteiger charge is 2.32. The van der Waals surface area contributed by atoms with Crippen LogP contribution in [0.2, 0.25) is 0 Å². The first-order valence-electron chi connectivity index (χ1n) is 6.94. The second-order valence-corrected chi connectivity index (χ2v) is 5.56. The first kappa shape index (κ1) is 20.3. The topological polar surface area (TPSA) is 162 Å². The number of carbonyl (C=O) groups is 3. The molecule has 9 heteroatoms. The quantitative estimate of drug-likeness (QED) is 0.295. The van der Waals surface area contributed by atoms with Crippen molar-refractivity contribution in [3.05, 3.63) is 0 Å². The predicted molar refractivity (Wildman–Crippen MR) is 77.7 cm³/mol. The molecule has 0 rings (SSSR count). The zero-order valence-corrected chi connectivity index (χ0v) is 13.1. The molecule has 0 heterocycles. The molecule has 0 aromatic rings. The molecule has 9 nitrogen and oxygen atoms in total. The third-order valence-electron chi connectivity index (χ3n) is 3.12. The summed E-state index contributed by atoms with van der Waals surface area (Å²) < 4.78 is 0. The molecule has 0 aliphatic carbocycles. The summed E-state index contributed by atoms with van der Waals surface area (Å²) in [5.74, 6) is -3.23. The van der Waals surface area contributed by atoms with Gasteiger partial charge in [0, 0.05) is 0 Å². The van der Waals surface area contributed by atoms with Crippen molar-refractivity contribution in [1.29, 1.82) is 0 Å². The standard InChI is InChI=1S/C13H25N3O6/c1-5(2)9(15-11(19)8(14)6(3)17)12(20)16-10(7(4)18)13(21)22/h5-10,17-18H,14H2,1-4H3,(H,15,19)(H,16,20)(H,21,22). The largest absolute Gasteiger partial charge is 0.480 e. The summed E-state index contributed by atoms with van der Waals surface area (Å²) in [5, 5.41) is 32.1. The summed E-state index contributed by atoms with van der Waals surface area (Å²) >= 11 is 0. The smallest absolute Gasteiger partial charge is 0.328 e. The normalized spacial score (nSPS) is 18.0. The Kier molecular flexibility index (Phi) is 7.99. The molecule has 0 spiro atoms. The van der Waals surface area contributed by atoms with Crippen LogP contribution < -0.4 is 16.4 Å². The molecule has 5 unspecified atom stereocenters. The Bertz CT molecular complexity index is 411. The Morgan fingerprint density at radius 2 is 1.32 bits per heavy atom. The molecule has 0 radical (unpaired) electrons. The Balaban J connectivity index is 4.99. The predicted octanol–water partition coefficient (Wildman–Crippen LogP) is -2.21. The molecule has 5 atom stereocenters. The van der Waals surface area contributed by atoms with Crippen molar-refractivity contribution in [1.82, 2.24) is 10.6 Å². The second-order valence-electron chi connectivity index (χ2n) is 5.56. The molecule has 22 heavy (non-hydrogen) atoms. The van der Waals surface area contributed by atoms with Crippen molar-refractivity contribution in [2.45, 2.75) is 58.0 Å². The van der Waals surface area contributed by atoms with Gasteiger partial charge in [0.15, 0.2) is 6.04 Å². The zero-order chi connectivity index (χ0) is 17.6. The summed E-state index contributed by atoms with van der Waals surface area (Å²) in [6, 6.07) is -3.74. The van der Waals surface area contributed by atoms with E-state index in [9.17, 15) is 24.6 Å². The summed E-state index contributed by atoms with van der Waals surface area (Å²) in [7, 11) is 0. The number of carboxylic acids is 1. The van der Waals surface area contributed by atoms with E-state index in [0.717, 1.165) is 0 Å². The number of carbonyl (C=O) groups excluding carboxylic acids is 2. The highest BCUT2D eigenvalue weighted by Crippen LogP contribution is 2.05. The van der Waals surface area contributed by atoms with Gasteiger partial charge in [0.25, 0.3) is 0 Å². The van der Waals surface area contributed by atoms with Gasteiger partial charge in [0.2, 0.25) is 11.8 Å². The molecular formula is C13H25N3O6. The molecule has 0 aliphatic heterocycles. The highest BCUT2D eigenvalue weighted by atomic mass is 16.4. The van der Waals surface area contributed by atoms with Gasteiger partial charge in [-0.1, -0.05) is 13.8 Å². The molecule has 7 N–H and O–H groups in total. The lowest BCUT2D eigenvalue weighted by atomic mass is 10.0. The van der Waals surface area contributed by atoms with Crippen molar-refractivity contribution in [3.8, 4) is 0 Å². The van der Waals surface area contributed by atoms with E-state index < -0.39 is 48.1 Å². The van der Waals surface area contributed by atoms with Crippen LogP contribution in [0.15, 0.2) is 0 Å². The maximum Gasteiger partial charge on any atom is 0.328 e. The van der Waals surface area contributed by atoms with Crippen molar-refractivity contribution in [2.75, 3.05) is 0 Å². The van der Waals surface area contributed by atoms with Gasteiger partial charge in [-0.2, -0.15) is 0 Å². The Hall–Kier alpha value is -1.71. The number of amides is 2. The first-order valence-corrected chi connectivity index (χ1v) is 6.94. The van der Waals surface area contributed by atoms with Crippen LogP contribution in [0.1, 0.15) is 27.7 Å². The molecular weight excluding hydrogens is 294 g/mol. The van der Waals surface area contributed by atoms with Gasteiger partial charge < -0.3 is 31.7 Å². The number of aliphatic hydroxyl groups excluding tert-OH is 2. The third-order valence-corrected chi connectivity index (χ3v) is 3.12. The van der Waals surface area contributed by atoms with Crippen molar-refractivity contribution < 1.29 is 29.7 Å². The van der Waals surface area contributed by atoms with Crippen LogP contribution in [0.4, 0.5) is 0 Å². The zero-order valence-electron chi connectivity index (χ0n) is 13.1. The summed E-state index contributed by atoms with van der Waals surface area (Å²) in [6.07, 6.45) is -2.40. The van der Waals surface area contributed by atoms with Crippen LogP contribution in [0, 0.1) is 5.92 Å². The van der Waals surface area contributed by atoms with E-state index >= 15 is 0 Å². The first-order chi connectivity index (χ1) is 9.98. The lowest BCUT2D eigenvalue weighted by Gasteiger charge is -2.26. The van der Waals surface area contributed by atoms with E-state index in [1.165, 1.54) is 13.8 Å². The van der Waals surface area contributed by atoms with Crippen molar-refractivity contribution in [3.63, 3.8) is 0 Å². The number of hydrogen-bond acceptors (Lipinski definition) is 6. The molecule has 128 valence electrons. The molecule has 0 saturated heterocycles. The lowest BCUT2D eigenvalue weighted by molar-refractivity contribution is -0.145. The molecule has 0 aliphatic rings. The van der Waals surface area contributed by atoms with Crippen LogP contribution in [0.5, 0.6) is 0 Å². The van der Waals surface area contributed by atoms with E-state index in [1.807, 2.05) is 0 Å². The van der Waals surface area contributed by atoms with E-state index in [0.29, 0.717) is 0 Å². The maximum absolute atomic E-state index is 12.1. The average molecular weight is 319 g/mol. The average Bonchev–Trinajstić information content (AvgIpc) is 2.39. The van der Waals surface area contributed by atoms with Crippen LogP contribution in [0.3, 0.4) is 0 Å². The van der Waals surface area contributed by atoms with Gasteiger partial charge in [-0.3, -0.25) is 9.59 Å².